The van der Waals surface area contributed by atoms with Gasteiger partial charge >= 0.3 is 0 Å². The van der Waals surface area contributed by atoms with Crippen molar-refractivity contribution in [3.8, 4) is 0 Å². The first-order chi connectivity index (χ1) is 8.44. The number of carbonyl (C=O) groups excluding carboxylic acids is 1. The van der Waals surface area contributed by atoms with Crippen molar-refractivity contribution in [1.82, 2.24) is 10.6 Å². The average Bonchev–Trinajstić information content (AvgIpc) is 2.71. The lowest BCUT2D eigenvalue weighted by Gasteiger charge is -2.17. The molecule has 2 unspecified atom stereocenters. The van der Waals surface area contributed by atoms with Crippen molar-refractivity contribution in [2.45, 2.75) is 19.4 Å². The van der Waals surface area contributed by atoms with Gasteiger partial charge in [0.15, 0.2) is 0 Å². The molecule has 1 aliphatic heterocycles. The highest BCUT2D eigenvalue weighted by atomic mass is 32.2. The predicted octanol–water partition coefficient (Wildman–Crippen LogP) is -0.838. The standard InChI is InChI=1S/C11H22N2O4S/c1-3-12-10-8-17-7-9(10)11(14)13-5-4-6-18(2,15)16/h9-10,12H,3-8H2,1-2H3,(H,13,14). The molecule has 6 nitrogen and oxygen atoms in total. The molecule has 2 N–H and O–H groups in total. The molecule has 0 bridgehead atoms. The number of likely N-dealkylation sites (N-methyl/N-ethyl adjacent to an activating group) is 1. The largest absolute Gasteiger partial charge is 0.379 e. The van der Waals surface area contributed by atoms with E-state index in [-0.39, 0.29) is 23.6 Å². The van der Waals surface area contributed by atoms with E-state index in [9.17, 15) is 13.2 Å². The zero-order valence-electron chi connectivity index (χ0n) is 10.9. The summed E-state index contributed by atoms with van der Waals surface area (Å²) in [6, 6.07) is 0.0601. The lowest BCUT2D eigenvalue weighted by Crippen LogP contribution is -2.44. The molecule has 1 saturated heterocycles. The van der Waals surface area contributed by atoms with Crippen LogP contribution in [0.2, 0.25) is 0 Å². The minimum Gasteiger partial charge on any atom is -0.379 e. The first kappa shape index (κ1) is 15.4. The van der Waals surface area contributed by atoms with E-state index in [1.54, 1.807) is 0 Å². The number of hydrogen-bond donors (Lipinski definition) is 2. The van der Waals surface area contributed by atoms with Gasteiger partial charge in [0.2, 0.25) is 5.91 Å². The molecule has 0 aliphatic carbocycles. The predicted molar refractivity (Wildman–Crippen MR) is 69.1 cm³/mol. The third-order valence-electron chi connectivity index (χ3n) is 2.87. The van der Waals surface area contributed by atoms with Crippen molar-refractivity contribution >= 4 is 15.7 Å². The van der Waals surface area contributed by atoms with Gasteiger partial charge < -0.3 is 15.4 Å². The van der Waals surface area contributed by atoms with Crippen molar-refractivity contribution < 1.29 is 17.9 Å². The minimum absolute atomic E-state index is 0.0601. The molecule has 1 fully saturated rings. The van der Waals surface area contributed by atoms with Crippen LogP contribution < -0.4 is 10.6 Å². The highest BCUT2D eigenvalue weighted by Gasteiger charge is 2.33. The molecule has 1 heterocycles. The first-order valence-corrected chi connectivity index (χ1v) is 8.26. The molecule has 0 aromatic carbocycles. The minimum atomic E-state index is -2.95. The Kier molecular flexibility index (Phi) is 6.04. The van der Waals surface area contributed by atoms with E-state index in [0.29, 0.717) is 26.2 Å². The zero-order valence-corrected chi connectivity index (χ0v) is 11.8. The van der Waals surface area contributed by atoms with Gasteiger partial charge in [-0.3, -0.25) is 4.79 Å². The Morgan fingerprint density at radius 2 is 2.11 bits per heavy atom. The SMILES string of the molecule is CCNC1COCC1C(=O)NCCCS(C)(=O)=O. The molecule has 0 aromatic heterocycles. The van der Waals surface area contributed by atoms with Crippen LogP contribution in [0, 0.1) is 5.92 Å². The van der Waals surface area contributed by atoms with Crippen LogP contribution >= 0.6 is 0 Å². The smallest absolute Gasteiger partial charge is 0.227 e. The lowest BCUT2D eigenvalue weighted by atomic mass is 10.0. The highest BCUT2D eigenvalue weighted by molar-refractivity contribution is 7.90. The third kappa shape index (κ3) is 5.32. The summed E-state index contributed by atoms with van der Waals surface area (Å²) in [6.45, 7) is 4.15. The molecular formula is C11H22N2O4S. The van der Waals surface area contributed by atoms with Crippen molar-refractivity contribution in [1.29, 1.82) is 0 Å². The number of rotatable bonds is 7. The fraction of sp³-hybridized carbons (Fsp3) is 0.909. The van der Waals surface area contributed by atoms with Crippen LogP contribution in [-0.4, -0.2) is 58.7 Å². The Bertz CT molecular complexity index is 369. The molecule has 18 heavy (non-hydrogen) atoms. The van der Waals surface area contributed by atoms with E-state index in [4.69, 9.17) is 4.74 Å². The van der Waals surface area contributed by atoms with Gasteiger partial charge in [-0.05, 0) is 13.0 Å². The van der Waals surface area contributed by atoms with Crippen LogP contribution in [0.1, 0.15) is 13.3 Å². The normalized spacial score (nSPS) is 24.1. The van der Waals surface area contributed by atoms with E-state index in [1.165, 1.54) is 6.26 Å². The van der Waals surface area contributed by atoms with E-state index >= 15 is 0 Å². The van der Waals surface area contributed by atoms with E-state index in [1.807, 2.05) is 6.92 Å². The Hall–Kier alpha value is -0.660. The molecule has 1 rings (SSSR count). The topological polar surface area (TPSA) is 84.5 Å². The number of amides is 1. The monoisotopic (exact) mass is 278 g/mol. The van der Waals surface area contributed by atoms with Crippen LogP contribution in [0.3, 0.4) is 0 Å². The van der Waals surface area contributed by atoms with Gasteiger partial charge in [-0.2, -0.15) is 0 Å². The summed E-state index contributed by atoms with van der Waals surface area (Å²) in [6.07, 6.45) is 1.64. The average molecular weight is 278 g/mol. The van der Waals surface area contributed by atoms with Crippen molar-refractivity contribution in [2.24, 2.45) is 5.92 Å². The molecule has 0 saturated carbocycles. The van der Waals surface area contributed by atoms with Crippen molar-refractivity contribution in [2.75, 3.05) is 38.3 Å². The molecule has 0 spiro atoms. The molecule has 0 aromatic rings. The molecule has 1 amide bonds. The van der Waals surface area contributed by atoms with Crippen molar-refractivity contribution in [3.05, 3.63) is 0 Å². The Labute approximate surface area is 108 Å². The number of ether oxygens (including phenoxy) is 1. The van der Waals surface area contributed by atoms with Gasteiger partial charge in [-0.1, -0.05) is 6.92 Å². The quantitative estimate of drug-likeness (QED) is 0.593. The van der Waals surface area contributed by atoms with Crippen LogP contribution in [0.5, 0.6) is 0 Å². The Balaban J connectivity index is 2.28. The van der Waals surface area contributed by atoms with Gasteiger partial charge in [0.1, 0.15) is 9.84 Å². The molecule has 106 valence electrons. The van der Waals surface area contributed by atoms with Crippen LogP contribution in [0.4, 0.5) is 0 Å². The highest BCUT2D eigenvalue weighted by Crippen LogP contribution is 2.13. The summed E-state index contributed by atoms with van der Waals surface area (Å²) >= 11 is 0. The van der Waals surface area contributed by atoms with Crippen LogP contribution in [0.15, 0.2) is 0 Å². The summed E-state index contributed by atoms with van der Waals surface area (Å²) in [4.78, 5) is 11.9. The summed E-state index contributed by atoms with van der Waals surface area (Å²) in [5.74, 6) is -0.138. The van der Waals surface area contributed by atoms with E-state index in [0.717, 1.165) is 6.54 Å². The molecule has 2 atom stereocenters. The van der Waals surface area contributed by atoms with E-state index < -0.39 is 9.84 Å². The lowest BCUT2D eigenvalue weighted by molar-refractivity contribution is -0.125. The number of carbonyl (C=O) groups is 1. The summed E-state index contributed by atoms with van der Waals surface area (Å²) in [5.41, 5.74) is 0. The first-order valence-electron chi connectivity index (χ1n) is 6.20. The summed E-state index contributed by atoms with van der Waals surface area (Å²) in [7, 11) is -2.95. The fourth-order valence-corrected chi connectivity index (χ4v) is 2.62. The third-order valence-corrected chi connectivity index (χ3v) is 3.90. The van der Waals surface area contributed by atoms with Crippen molar-refractivity contribution in [3.63, 3.8) is 0 Å². The number of nitrogens with one attached hydrogen (secondary N) is 2. The second kappa shape index (κ2) is 7.06. The zero-order chi connectivity index (χ0) is 13.6. The van der Waals surface area contributed by atoms with Crippen LogP contribution in [0.25, 0.3) is 0 Å². The van der Waals surface area contributed by atoms with Gasteiger partial charge in [0, 0.05) is 18.8 Å². The van der Waals surface area contributed by atoms with Crippen LogP contribution in [-0.2, 0) is 19.4 Å². The van der Waals surface area contributed by atoms with Gasteiger partial charge in [0.05, 0.1) is 24.9 Å². The van der Waals surface area contributed by atoms with E-state index in [2.05, 4.69) is 10.6 Å². The second-order valence-electron chi connectivity index (χ2n) is 4.58. The Morgan fingerprint density at radius 3 is 2.72 bits per heavy atom. The number of hydrogen-bond acceptors (Lipinski definition) is 5. The Morgan fingerprint density at radius 1 is 1.39 bits per heavy atom. The maximum absolute atomic E-state index is 11.9. The summed E-state index contributed by atoms with van der Waals surface area (Å²) in [5, 5.41) is 5.97. The molecular weight excluding hydrogens is 256 g/mol. The van der Waals surface area contributed by atoms with Gasteiger partial charge in [-0.15, -0.1) is 0 Å². The molecule has 7 heteroatoms. The maximum Gasteiger partial charge on any atom is 0.227 e. The number of sulfone groups is 1. The molecule has 0 radical (unpaired) electrons. The maximum atomic E-state index is 11.9. The van der Waals surface area contributed by atoms with Gasteiger partial charge in [0.25, 0.3) is 0 Å². The fourth-order valence-electron chi connectivity index (χ4n) is 1.95. The summed E-state index contributed by atoms with van der Waals surface area (Å²) < 4.78 is 27.1. The second-order valence-corrected chi connectivity index (χ2v) is 6.84. The molecule has 1 aliphatic rings. The van der Waals surface area contributed by atoms with Gasteiger partial charge in [-0.25, -0.2) is 8.42 Å².